The molecule has 0 unspecified atom stereocenters. The largest absolute Gasteiger partial charge is 0.464 e. The molecule has 0 atom stereocenters. The normalized spacial score (nSPS) is 10.9. The second kappa shape index (κ2) is 7.47. The van der Waals surface area contributed by atoms with Gasteiger partial charge in [-0.3, -0.25) is 9.36 Å². The highest BCUT2D eigenvalue weighted by Crippen LogP contribution is 2.32. The molecule has 30 heavy (non-hydrogen) atoms. The van der Waals surface area contributed by atoms with Gasteiger partial charge in [0, 0.05) is 16.5 Å². The van der Waals surface area contributed by atoms with Crippen molar-refractivity contribution < 1.29 is 4.42 Å². The Labute approximate surface area is 176 Å². The standard InChI is InChI=1S/C24H15N3O2S/c25-13-16-6-4-7-17(12-16)14-27-22(18-8-2-1-3-9-18)26-23-21(24(27)28)19(15-30-23)20-10-5-11-29-20/h1-12,15H,14H2. The summed E-state index contributed by atoms with van der Waals surface area (Å²) in [6.45, 7) is 0.314. The smallest absolute Gasteiger partial charge is 0.263 e. The third kappa shape index (κ3) is 3.11. The third-order valence-electron chi connectivity index (χ3n) is 4.91. The summed E-state index contributed by atoms with van der Waals surface area (Å²) in [5, 5.41) is 11.7. The van der Waals surface area contributed by atoms with Crippen molar-refractivity contribution in [1.82, 2.24) is 9.55 Å². The van der Waals surface area contributed by atoms with E-state index in [-0.39, 0.29) is 5.56 Å². The summed E-state index contributed by atoms with van der Waals surface area (Å²) < 4.78 is 7.21. The Kier molecular flexibility index (Phi) is 4.51. The van der Waals surface area contributed by atoms with E-state index in [1.165, 1.54) is 11.3 Å². The molecule has 3 heterocycles. The summed E-state index contributed by atoms with van der Waals surface area (Å²) in [7, 11) is 0. The second-order valence-electron chi connectivity index (χ2n) is 6.81. The average Bonchev–Trinajstić information content (AvgIpc) is 3.46. The van der Waals surface area contributed by atoms with Crippen LogP contribution in [-0.2, 0) is 6.54 Å². The van der Waals surface area contributed by atoms with Crippen LogP contribution in [0.3, 0.4) is 0 Å². The monoisotopic (exact) mass is 409 g/mol. The molecule has 0 saturated carbocycles. The Hall–Kier alpha value is -3.95. The van der Waals surface area contributed by atoms with Crippen LogP contribution in [0.15, 0.2) is 87.6 Å². The summed E-state index contributed by atoms with van der Waals surface area (Å²) in [4.78, 5) is 19.2. The summed E-state index contributed by atoms with van der Waals surface area (Å²) in [6, 6.07) is 22.7. The van der Waals surface area contributed by atoms with Crippen molar-refractivity contribution in [3.8, 4) is 28.8 Å². The fraction of sp³-hybridized carbons (Fsp3) is 0.0417. The number of hydrogen-bond donors (Lipinski definition) is 0. The second-order valence-corrected chi connectivity index (χ2v) is 7.67. The van der Waals surface area contributed by atoms with E-state index in [0.717, 1.165) is 16.7 Å². The molecule has 0 aliphatic rings. The number of hydrogen-bond acceptors (Lipinski definition) is 5. The molecule has 5 aromatic rings. The van der Waals surface area contributed by atoms with Crippen LogP contribution in [0.5, 0.6) is 0 Å². The maximum atomic E-state index is 13.7. The number of rotatable bonds is 4. The van der Waals surface area contributed by atoms with Crippen molar-refractivity contribution in [3.63, 3.8) is 0 Å². The Balaban J connectivity index is 1.77. The first kappa shape index (κ1) is 18.1. The van der Waals surface area contributed by atoms with E-state index >= 15 is 0 Å². The fourth-order valence-corrected chi connectivity index (χ4v) is 4.43. The summed E-state index contributed by atoms with van der Waals surface area (Å²) in [5.41, 5.74) is 2.90. The zero-order valence-corrected chi connectivity index (χ0v) is 16.6. The lowest BCUT2D eigenvalue weighted by Gasteiger charge is -2.13. The minimum atomic E-state index is -0.131. The van der Waals surface area contributed by atoms with Crippen molar-refractivity contribution in [2.75, 3.05) is 0 Å². The van der Waals surface area contributed by atoms with Gasteiger partial charge in [-0.1, -0.05) is 42.5 Å². The highest BCUT2D eigenvalue weighted by Gasteiger charge is 2.19. The number of thiophene rings is 1. The first-order valence-corrected chi connectivity index (χ1v) is 10.2. The van der Waals surface area contributed by atoms with Gasteiger partial charge in [0.05, 0.1) is 29.8 Å². The molecule has 6 heteroatoms. The first-order chi connectivity index (χ1) is 14.7. The summed E-state index contributed by atoms with van der Waals surface area (Å²) in [6.07, 6.45) is 1.59. The molecule has 0 amide bonds. The molecule has 0 aliphatic heterocycles. The Morgan fingerprint density at radius 3 is 2.70 bits per heavy atom. The lowest BCUT2D eigenvalue weighted by molar-refractivity contribution is 0.583. The van der Waals surface area contributed by atoms with Gasteiger partial charge in [0.15, 0.2) is 0 Å². The zero-order chi connectivity index (χ0) is 20.5. The predicted octanol–water partition coefficient (Wildman–Crippen LogP) is 5.30. The molecule has 0 N–H and O–H groups in total. The Morgan fingerprint density at radius 1 is 1.07 bits per heavy atom. The minimum Gasteiger partial charge on any atom is -0.464 e. The van der Waals surface area contributed by atoms with Gasteiger partial charge in [0.2, 0.25) is 0 Å². The van der Waals surface area contributed by atoms with Gasteiger partial charge in [0.1, 0.15) is 16.4 Å². The van der Waals surface area contributed by atoms with E-state index in [2.05, 4.69) is 6.07 Å². The maximum absolute atomic E-state index is 13.7. The van der Waals surface area contributed by atoms with Crippen molar-refractivity contribution in [3.05, 3.63) is 99.9 Å². The van der Waals surface area contributed by atoms with Gasteiger partial charge in [-0.15, -0.1) is 11.3 Å². The number of fused-ring (bicyclic) bond motifs is 1. The maximum Gasteiger partial charge on any atom is 0.263 e. The predicted molar refractivity (Wildman–Crippen MR) is 117 cm³/mol. The van der Waals surface area contributed by atoms with Crippen molar-refractivity contribution in [2.24, 2.45) is 0 Å². The lowest BCUT2D eigenvalue weighted by Crippen LogP contribution is -2.24. The average molecular weight is 409 g/mol. The SMILES string of the molecule is N#Cc1cccc(Cn2c(-c3ccccc3)nc3scc(-c4ccco4)c3c2=O)c1. The summed E-state index contributed by atoms with van der Waals surface area (Å²) in [5.74, 6) is 1.24. The highest BCUT2D eigenvalue weighted by molar-refractivity contribution is 7.17. The van der Waals surface area contributed by atoms with Crippen LogP contribution in [0.1, 0.15) is 11.1 Å². The van der Waals surface area contributed by atoms with Crippen LogP contribution in [0.2, 0.25) is 0 Å². The molecule has 0 radical (unpaired) electrons. The number of furan rings is 1. The number of aromatic nitrogens is 2. The molecule has 0 spiro atoms. The molecule has 0 fully saturated rings. The number of nitrogens with zero attached hydrogens (tertiary/aromatic N) is 3. The molecular weight excluding hydrogens is 394 g/mol. The number of nitriles is 1. The molecule has 3 aromatic heterocycles. The molecule has 0 saturated heterocycles. The van der Waals surface area contributed by atoms with E-state index in [9.17, 15) is 10.1 Å². The van der Waals surface area contributed by atoms with E-state index in [0.29, 0.717) is 33.9 Å². The molecular formula is C24H15N3O2S. The molecule has 5 nitrogen and oxygen atoms in total. The van der Waals surface area contributed by atoms with E-state index < -0.39 is 0 Å². The molecule has 0 bridgehead atoms. The van der Waals surface area contributed by atoms with Crippen LogP contribution in [-0.4, -0.2) is 9.55 Å². The van der Waals surface area contributed by atoms with Gasteiger partial charge in [-0.25, -0.2) is 4.98 Å². The third-order valence-corrected chi connectivity index (χ3v) is 5.78. The van der Waals surface area contributed by atoms with Gasteiger partial charge < -0.3 is 4.42 Å². The minimum absolute atomic E-state index is 0.131. The Morgan fingerprint density at radius 2 is 1.93 bits per heavy atom. The lowest BCUT2D eigenvalue weighted by atomic mass is 10.1. The molecule has 2 aromatic carbocycles. The molecule has 5 rings (SSSR count). The van der Waals surface area contributed by atoms with Crippen LogP contribution in [0.4, 0.5) is 0 Å². The van der Waals surface area contributed by atoms with Crippen LogP contribution >= 0.6 is 11.3 Å². The topological polar surface area (TPSA) is 71.8 Å². The van der Waals surface area contributed by atoms with E-state index in [1.807, 2.05) is 53.9 Å². The van der Waals surface area contributed by atoms with Crippen molar-refractivity contribution >= 4 is 21.6 Å². The zero-order valence-electron chi connectivity index (χ0n) is 15.8. The van der Waals surface area contributed by atoms with Gasteiger partial charge >= 0.3 is 0 Å². The quantitative estimate of drug-likeness (QED) is 0.403. The van der Waals surface area contributed by atoms with Crippen molar-refractivity contribution in [2.45, 2.75) is 6.54 Å². The van der Waals surface area contributed by atoms with Gasteiger partial charge in [-0.2, -0.15) is 5.26 Å². The van der Waals surface area contributed by atoms with E-state index in [1.54, 1.807) is 29.0 Å². The van der Waals surface area contributed by atoms with Gasteiger partial charge in [0.25, 0.3) is 5.56 Å². The fourth-order valence-electron chi connectivity index (χ4n) is 3.51. The highest BCUT2D eigenvalue weighted by atomic mass is 32.1. The molecule has 144 valence electrons. The first-order valence-electron chi connectivity index (χ1n) is 9.35. The summed E-state index contributed by atoms with van der Waals surface area (Å²) >= 11 is 1.43. The van der Waals surface area contributed by atoms with Gasteiger partial charge in [-0.05, 0) is 29.8 Å². The van der Waals surface area contributed by atoms with Crippen LogP contribution in [0.25, 0.3) is 32.9 Å². The number of benzene rings is 2. The van der Waals surface area contributed by atoms with Crippen LogP contribution in [0, 0.1) is 11.3 Å². The van der Waals surface area contributed by atoms with Crippen molar-refractivity contribution in [1.29, 1.82) is 5.26 Å². The van der Waals surface area contributed by atoms with Crippen LogP contribution < -0.4 is 5.56 Å². The Bertz CT molecular complexity index is 1440. The molecule has 0 aliphatic carbocycles. The van der Waals surface area contributed by atoms with E-state index in [4.69, 9.17) is 9.40 Å².